The van der Waals surface area contributed by atoms with Gasteiger partial charge in [0.05, 0.1) is 12.5 Å². The van der Waals surface area contributed by atoms with E-state index in [4.69, 9.17) is 4.98 Å². The Balaban J connectivity index is 2.05. The summed E-state index contributed by atoms with van der Waals surface area (Å²) in [5.74, 6) is 0.491. The molecule has 0 saturated heterocycles. The number of nitrogens with zero attached hydrogens (tertiary/aromatic N) is 2. The lowest BCUT2D eigenvalue weighted by atomic mass is 10.0. The average Bonchev–Trinajstić information content (AvgIpc) is 3.07. The molecule has 26 heavy (non-hydrogen) atoms. The number of methoxy groups -OCH3 is 1. The number of aromatic nitrogens is 2. The smallest absolute Gasteiger partial charge is 0.305 e. The topological polar surface area (TPSA) is 61.2 Å². The van der Waals surface area contributed by atoms with Gasteiger partial charge in [0.1, 0.15) is 10.7 Å². The van der Waals surface area contributed by atoms with Crippen LogP contribution in [0.4, 0.5) is 0 Å². The van der Waals surface area contributed by atoms with Crippen molar-refractivity contribution in [1.29, 1.82) is 0 Å². The number of esters is 1. The normalized spacial score (nSPS) is 11.0. The molecule has 1 aromatic carbocycles. The summed E-state index contributed by atoms with van der Waals surface area (Å²) in [6, 6.07) is 8.15. The van der Waals surface area contributed by atoms with Crippen LogP contribution in [0.2, 0.25) is 0 Å². The third-order valence-corrected chi connectivity index (χ3v) is 5.31. The van der Waals surface area contributed by atoms with E-state index < -0.39 is 0 Å². The van der Waals surface area contributed by atoms with Crippen molar-refractivity contribution in [3.63, 3.8) is 0 Å². The molecule has 0 spiro atoms. The van der Waals surface area contributed by atoms with Crippen LogP contribution in [-0.4, -0.2) is 22.6 Å². The lowest BCUT2D eigenvalue weighted by Crippen LogP contribution is -2.25. The van der Waals surface area contributed by atoms with Gasteiger partial charge < -0.3 is 4.74 Å². The fraction of sp³-hybridized carbons (Fsp3) is 0.350. The van der Waals surface area contributed by atoms with E-state index >= 15 is 0 Å². The van der Waals surface area contributed by atoms with E-state index in [2.05, 4.69) is 4.74 Å². The standard InChI is InChI=1S/C20H22N2O3S/c1-4-16-21-19-18(20(24)22(16)11-5-6-17(23)25-3)15(12-26-19)14-9-7-13(2)8-10-14/h7-10,12H,4-6,11H2,1-3H3. The van der Waals surface area contributed by atoms with Crippen LogP contribution in [0.25, 0.3) is 21.3 Å². The SMILES string of the molecule is CCc1nc2scc(-c3ccc(C)cc3)c2c(=O)n1CCCC(=O)OC. The Morgan fingerprint density at radius 2 is 2.00 bits per heavy atom. The Morgan fingerprint density at radius 1 is 1.27 bits per heavy atom. The molecule has 136 valence electrons. The molecule has 0 saturated carbocycles. The van der Waals surface area contributed by atoms with E-state index in [-0.39, 0.29) is 11.5 Å². The second kappa shape index (κ2) is 7.83. The van der Waals surface area contributed by atoms with Gasteiger partial charge in [-0.1, -0.05) is 36.8 Å². The number of carbonyl (C=O) groups excluding carboxylic acids is 1. The van der Waals surface area contributed by atoms with E-state index in [0.717, 1.165) is 21.8 Å². The van der Waals surface area contributed by atoms with Crippen molar-refractivity contribution in [2.75, 3.05) is 7.11 Å². The van der Waals surface area contributed by atoms with Crippen molar-refractivity contribution in [3.8, 4) is 11.1 Å². The maximum Gasteiger partial charge on any atom is 0.305 e. The maximum absolute atomic E-state index is 13.2. The van der Waals surface area contributed by atoms with Gasteiger partial charge in [0.25, 0.3) is 5.56 Å². The van der Waals surface area contributed by atoms with Gasteiger partial charge in [-0.3, -0.25) is 14.2 Å². The largest absolute Gasteiger partial charge is 0.469 e. The van der Waals surface area contributed by atoms with E-state index in [9.17, 15) is 9.59 Å². The second-order valence-electron chi connectivity index (χ2n) is 6.21. The summed E-state index contributed by atoms with van der Waals surface area (Å²) >= 11 is 1.50. The van der Waals surface area contributed by atoms with Crippen molar-refractivity contribution in [2.24, 2.45) is 0 Å². The highest BCUT2D eigenvalue weighted by Gasteiger charge is 2.16. The van der Waals surface area contributed by atoms with Gasteiger partial charge in [0, 0.05) is 30.3 Å². The van der Waals surface area contributed by atoms with Gasteiger partial charge in [0.15, 0.2) is 0 Å². The first kappa shape index (κ1) is 18.3. The molecular weight excluding hydrogens is 348 g/mol. The Morgan fingerprint density at radius 3 is 2.65 bits per heavy atom. The minimum absolute atomic E-state index is 0.0338. The third kappa shape index (κ3) is 3.55. The molecule has 3 aromatic rings. The summed E-state index contributed by atoms with van der Waals surface area (Å²) in [6.45, 7) is 4.49. The molecule has 0 aliphatic carbocycles. The van der Waals surface area contributed by atoms with Crippen LogP contribution in [0.15, 0.2) is 34.4 Å². The number of rotatable bonds is 6. The van der Waals surface area contributed by atoms with Crippen LogP contribution in [0, 0.1) is 6.92 Å². The third-order valence-electron chi connectivity index (χ3n) is 4.44. The number of aryl methyl sites for hydroxylation is 2. The number of hydrogen-bond acceptors (Lipinski definition) is 5. The minimum atomic E-state index is -0.263. The predicted molar refractivity (Wildman–Crippen MR) is 105 cm³/mol. The van der Waals surface area contributed by atoms with E-state index in [1.807, 2.05) is 43.5 Å². The molecule has 6 heteroatoms. The summed E-state index contributed by atoms with van der Waals surface area (Å²) < 4.78 is 6.38. The van der Waals surface area contributed by atoms with Crippen LogP contribution < -0.4 is 5.56 Å². The predicted octanol–water partition coefficient (Wildman–Crippen LogP) is 3.95. The van der Waals surface area contributed by atoms with Gasteiger partial charge in [-0.15, -0.1) is 11.3 Å². The molecule has 5 nitrogen and oxygen atoms in total. The molecule has 0 unspecified atom stereocenters. The van der Waals surface area contributed by atoms with Gasteiger partial charge in [0.2, 0.25) is 0 Å². The lowest BCUT2D eigenvalue weighted by Gasteiger charge is -2.11. The van der Waals surface area contributed by atoms with Gasteiger partial charge in [-0.05, 0) is 18.9 Å². The van der Waals surface area contributed by atoms with Crippen LogP contribution in [0.5, 0.6) is 0 Å². The number of ether oxygens (including phenoxy) is 1. The van der Waals surface area contributed by atoms with Crippen LogP contribution in [0.3, 0.4) is 0 Å². The molecule has 0 amide bonds. The van der Waals surface area contributed by atoms with E-state index in [1.165, 1.54) is 24.0 Å². The summed E-state index contributed by atoms with van der Waals surface area (Å²) in [7, 11) is 1.37. The zero-order valence-electron chi connectivity index (χ0n) is 15.2. The molecule has 3 rings (SSSR count). The maximum atomic E-state index is 13.2. The zero-order chi connectivity index (χ0) is 18.7. The summed E-state index contributed by atoms with van der Waals surface area (Å²) in [5, 5.41) is 2.66. The van der Waals surface area contributed by atoms with Crippen molar-refractivity contribution in [2.45, 2.75) is 39.7 Å². The number of hydrogen-bond donors (Lipinski definition) is 0. The van der Waals surface area contributed by atoms with E-state index in [0.29, 0.717) is 31.2 Å². The van der Waals surface area contributed by atoms with Gasteiger partial charge in [-0.25, -0.2) is 4.98 Å². The minimum Gasteiger partial charge on any atom is -0.469 e. The Bertz CT molecular complexity index is 987. The van der Waals surface area contributed by atoms with Gasteiger partial charge >= 0.3 is 5.97 Å². The highest BCUT2D eigenvalue weighted by atomic mass is 32.1. The number of benzene rings is 1. The molecule has 0 fully saturated rings. The highest BCUT2D eigenvalue weighted by Crippen LogP contribution is 2.31. The van der Waals surface area contributed by atoms with Crippen molar-refractivity contribution in [3.05, 3.63) is 51.4 Å². The van der Waals surface area contributed by atoms with Crippen LogP contribution in [0.1, 0.15) is 31.2 Å². The first-order chi connectivity index (χ1) is 12.5. The Kier molecular flexibility index (Phi) is 5.52. The Hall–Kier alpha value is -2.47. The molecule has 2 aromatic heterocycles. The fourth-order valence-corrected chi connectivity index (χ4v) is 3.95. The monoisotopic (exact) mass is 370 g/mol. The molecule has 0 bridgehead atoms. The summed E-state index contributed by atoms with van der Waals surface area (Å²) in [5.41, 5.74) is 3.09. The van der Waals surface area contributed by atoms with Gasteiger partial charge in [-0.2, -0.15) is 0 Å². The quantitative estimate of drug-likeness (QED) is 0.617. The number of fused-ring (bicyclic) bond motifs is 1. The highest BCUT2D eigenvalue weighted by molar-refractivity contribution is 7.17. The molecule has 0 radical (unpaired) electrons. The van der Waals surface area contributed by atoms with Crippen LogP contribution >= 0.6 is 11.3 Å². The van der Waals surface area contributed by atoms with E-state index in [1.54, 1.807) is 4.57 Å². The molecule has 2 heterocycles. The zero-order valence-corrected chi connectivity index (χ0v) is 16.1. The van der Waals surface area contributed by atoms with Crippen molar-refractivity contribution >= 4 is 27.5 Å². The molecule has 0 atom stereocenters. The molecular formula is C20H22N2O3S. The first-order valence-electron chi connectivity index (χ1n) is 8.70. The summed E-state index contributed by atoms with van der Waals surface area (Å²) in [6.07, 6.45) is 1.51. The van der Waals surface area contributed by atoms with Crippen LogP contribution in [-0.2, 0) is 22.5 Å². The molecule has 0 N–H and O–H groups in total. The molecule has 0 aliphatic rings. The fourth-order valence-electron chi connectivity index (χ4n) is 3.00. The van der Waals surface area contributed by atoms with Crippen molar-refractivity contribution in [1.82, 2.24) is 9.55 Å². The number of carbonyl (C=O) groups is 1. The average molecular weight is 370 g/mol. The Labute approximate surface area is 156 Å². The summed E-state index contributed by atoms with van der Waals surface area (Å²) in [4.78, 5) is 30.0. The first-order valence-corrected chi connectivity index (χ1v) is 9.58. The number of thiophene rings is 1. The van der Waals surface area contributed by atoms with Crippen molar-refractivity contribution < 1.29 is 9.53 Å². The lowest BCUT2D eigenvalue weighted by molar-refractivity contribution is -0.140. The molecule has 0 aliphatic heterocycles. The second-order valence-corrected chi connectivity index (χ2v) is 7.07.